The molecule has 0 aliphatic heterocycles. The average molecular weight is 1260 g/mol. The number of oxime groups is 1. The summed E-state index contributed by atoms with van der Waals surface area (Å²) in [6.07, 6.45) is 6.27. The first-order valence-electron chi connectivity index (χ1n) is 31.0. The molecule has 17 nitrogen and oxygen atoms in total. The number of benzene rings is 8. The predicted molar refractivity (Wildman–Crippen MR) is 365 cm³/mol. The third-order valence-electron chi connectivity index (χ3n) is 15.6. The summed E-state index contributed by atoms with van der Waals surface area (Å²) < 4.78 is 12.5. The van der Waals surface area contributed by atoms with Gasteiger partial charge in [0.05, 0.1) is 84.0 Å². The van der Waals surface area contributed by atoms with Gasteiger partial charge in [0.15, 0.2) is 5.75 Å². The van der Waals surface area contributed by atoms with Crippen LogP contribution in [0, 0.1) is 134 Å². The Labute approximate surface area is 551 Å². The van der Waals surface area contributed by atoms with Gasteiger partial charge >= 0.3 is 5.97 Å². The molecule has 0 bridgehead atoms. The Morgan fingerprint density at radius 3 is 1.01 bits per heavy atom. The largest absolute Gasteiger partial charge is 0.491 e. The van der Waals surface area contributed by atoms with E-state index >= 15 is 0 Å². The quantitative estimate of drug-likeness (QED) is 0.0228. The van der Waals surface area contributed by atoms with Crippen molar-refractivity contribution in [3.05, 3.63) is 281 Å². The number of nitrogens with zero attached hydrogens (tertiary/aromatic N) is 5. The molecule has 0 amide bonds. The molecule has 0 spiro atoms. The molecule has 0 aromatic heterocycles. The van der Waals surface area contributed by atoms with E-state index in [-0.39, 0.29) is 17.7 Å². The summed E-state index contributed by atoms with van der Waals surface area (Å²) in [4.78, 5) is 62.8. The van der Waals surface area contributed by atoms with E-state index in [1.165, 1.54) is 6.92 Å². The maximum atomic E-state index is 13.1. The van der Waals surface area contributed by atoms with Gasteiger partial charge < -0.3 is 14.3 Å². The summed E-state index contributed by atoms with van der Waals surface area (Å²) in [5.41, 5.74) is 7.31. The molecule has 0 N–H and O–H groups in total. The number of hydrogen-bond acceptors (Lipinski definition) is 13. The summed E-state index contributed by atoms with van der Waals surface area (Å²) in [6, 6.07) is 43.4. The smallest absolute Gasteiger partial charge is 0.349 e. The van der Waals surface area contributed by atoms with E-state index in [1.807, 2.05) is 156 Å². The first-order chi connectivity index (χ1) is 45.8. The van der Waals surface area contributed by atoms with E-state index in [1.54, 1.807) is 0 Å². The summed E-state index contributed by atoms with van der Waals surface area (Å²) >= 11 is 0. The second-order valence-electron chi connectivity index (χ2n) is 23.0. The molecular weight excluding hydrogens is 1200 g/mol. The number of aryl methyl sites for hydroxylation is 5. The molecule has 1 aliphatic rings. The zero-order valence-electron chi connectivity index (χ0n) is 53.3. The van der Waals surface area contributed by atoms with Gasteiger partial charge in [-0.1, -0.05) is 198 Å². The van der Waals surface area contributed by atoms with Crippen LogP contribution in [0.15, 0.2) is 151 Å². The summed E-state index contributed by atoms with van der Waals surface area (Å²) in [6.45, 7) is 11.9. The summed E-state index contributed by atoms with van der Waals surface area (Å²) in [5.74, 6) is 34.6. The van der Waals surface area contributed by atoms with Crippen LogP contribution < -0.4 is 4.74 Å². The van der Waals surface area contributed by atoms with Crippen LogP contribution in [0.2, 0.25) is 0 Å². The average Bonchev–Trinajstić information content (AvgIpc) is 1.60. The van der Waals surface area contributed by atoms with Gasteiger partial charge in [-0.3, -0.25) is 40.5 Å². The fourth-order valence-electron chi connectivity index (χ4n) is 10.3. The lowest BCUT2D eigenvalue weighted by atomic mass is 9.89. The maximum Gasteiger partial charge on any atom is 0.349 e. The molecule has 1 aliphatic carbocycles. The molecule has 0 saturated carbocycles. The monoisotopic (exact) mass is 1260 g/mol. The number of unbranched alkanes of at least 4 members (excludes halogenated alkanes) is 8. The molecule has 474 valence electrons. The molecule has 8 aromatic carbocycles. The number of carbonyl (C=O) groups excluding carboxylic acids is 1. The van der Waals surface area contributed by atoms with Crippen LogP contribution in [0.25, 0.3) is 11.1 Å². The third kappa shape index (κ3) is 17.7. The highest BCUT2D eigenvalue weighted by atomic mass is 16.7. The molecule has 8 aromatic rings. The summed E-state index contributed by atoms with van der Waals surface area (Å²) in [5, 5.41) is 52.0. The van der Waals surface area contributed by atoms with E-state index in [0.717, 1.165) is 119 Å². The Bertz CT molecular complexity index is 4420. The minimum Gasteiger partial charge on any atom is -0.491 e. The number of hydrogen-bond donors (Lipinski definition) is 0. The highest BCUT2D eigenvalue weighted by molar-refractivity contribution is 6.27. The van der Waals surface area contributed by atoms with Crippen molar-refractivity contribution in [2.75, 3.05) is 13.2 Å². The number of rotatable bonds is 20. The standard InChI is InChI=1S/C78H65N5O12/c1-52-16-26-58(27-17-52)36-41-65-66(42-37-59-28-18-53(2)19-29-59)68(44-39-61-32-22-55(4)23-33-61)77(69(45-40-62-34-24-56(5)25-35-62)67(65)43-38-60-30-20-54(3)21-31-60)93-46-14-12-10-8-7-9-11-13-15-47-94-78(84)57(6)95-79-76-70-48-63(80(85)86)50-72(82(89)90)74(70)75-71(76)49-64(81(87)88)51-73(75)83(91)92/h16-35,48-51,57H,7-15,46-47H2,1-6H3. The van der Waals surface area contributed by atoms with Gasteiger partial charge in [-0.25, -0.2) is 4.79 Å². The molecule has 95 heavy (non-hydrogen) atoms. The molecule has 0 heterocycles. The predicted octanol–water partition coefficient (Wildman–Crippen LogP) is 16.1. The van der Waals surface area contributed by atoms with Crippen molar-refractivity contribution < 1.29 is 38.8 Å². The molecule has 0 saturated heterocycles. The van der Waals surface area contributed by atoms with E-state index in [0.29, 0.717) is 58.7 Å². The van der Waals surface area contributed by atoms with E-state index < -0.39 is 71.4 Å². The Kier molecular flexibility index (Phi) is 22.5. The lowest BCUT2D eigenvalue weighted by Gasteiger charge is -2.17. The van der Waals surface area contributed by atoms with E-state index in [4.69, 9.17) is 14.3 Å². The van der Waals surface area contributed by atoms with Crippen LogP contribution in [-0.2, 0) is 14.4 Å². The zero-order chi connectivity index (χ0) is 67.5. The molecule has 0 radical (unpaired) electrons. The molecular formula is C78H65N5O12. The number of fused-ring (bicyclic) bond motifs is 3. The second-order valence-corrected chi connectivity index (χ2v) is 23.0. The van der Waals surface area contributed by atoms with Gasteiger partial charge in [0.2, 0.25) is 6.10 Å². The SMILES string of the molecule is Cc1ccc(C#Cc2c(C#Cc3ccc(C)cc3)c(C#Cc3ccc(C)cc3)c(OCCCCCCCCCCCOC(=O)C(C)ON=C3c4cc([N+](=O)[O-])cc([N+](=O)[O-])c4-c4c3cc([N+](=O)[O-])cc4[N+](=O)[O-])c(C#Cc3ccc(C)cc3)c2C#Cc2ccc(C)cc2)cc1. The van der Waals surface area contributed by atoms with Crippen molar-refractivity contribution in [2.24, 2.45) is 5.16 Å². The Balaban J connectivity index is 0.896. The van der Waals surface area contributed by atoms with Crippen LogP contribution in [0.3, 0.4) is 0 Å². The normalized spacial score (nSPS) is 11.0. The number of non-ortho nitro benzene ring substituents is 2. The topological polar surface area (TPSA) is 230 Å². The minimum absolute atomic E-state index is 0.0508. The van der Waals surface area contributed by atoms with Gasteiger partial charge in [-0.2, -0.15) is 0 Å². The van der Waals surface area contributed by atoms with Crippen LogP contribution in [-0.4, -0.2) is 50.7 Å². The summed E-state index contributed by atoms with van der Waals surface area (Å²) in [7, 11) is 0. The second kappa shape index (κ2) is 31.8. The fourth-order valence-corrected chi connectivity index (χ4v) is 10.3. The van der Waals surface area contributed by atoms with Gasteiger partial charge in [-0.05, 0) is 115 Å². The van der Waals surface area contributed by atoms with Crippen LogP contribution >= 0.6 is 0 Å². The lowest BCUT2D eigenvalue weighted by Crippen LogP contribution is -2.22. The van der Waals surface area contributed by atoms with Crippen LogP contribution in [0.4, 0.5) is 22.7 Å². The first kappa shape index (κ1) is 67.3. The van der Waals surface area contributed by atoms with Crippen molar-refractivity contribution >= 4 is 34.4 Å². The number of nitro benzene ring substituents is 4. The number of ether oxygens (including phenoxy) is 2. The van der Waals surface area contributed by atoms with E-state index in [9.17, 15) is 45.3 Å². The highest BCUT2D eigenvalue weighted by Gasteiger charge is 2.42. The van der Waals surface area contributed by atoms with Crippen molar-refractivity contribution in [1.29, 1.82) is 0 Å². The van der Waals surface area contributed by atoms with Gasteiger partial charge in [0.1, 0.15) is 5.71 Å². The zero-order valence-corrected chi connectivity index (χ0v) is 53.3. The van der Waals surface area contributed by atoms with Crippen molar-refractivity contribution in [2.45, 2.75) is 105 Å². The maximum absolute atomic E-state index is 13.1. The molecule has 17 heteroatoms. The van der Waals surface area contributed by atoms with Crippen molar-refractivity contribution in [3.8, 4) is 76.1 Å². The van der Waals surface area contributed by atoms with Crippen molar-refractivity contribution in [3.63, 3.8) is 0 Å². The number of nitro groups is 4. The van der Waals surface area contributed by atoms with Crippen LogP contribution in [0.5, 0.6) is 5.75 Å². The lowest BCUT2D eigenvalue weighted by molar-refractivity contribution is -0.395. The minimum atomic E-state index is -1.39. The molecule has 9 rings (SSSR count). The Hall–Kier alpha value is -12.1. The molecule has 1 unspecified atom stereocenters. The highest BCUT2D eigenvalue weighted by Crippen LogP contribution is 2.50. The van der Waals surface area contributed by atoms with Crippen LogP contribution in [0.1, 0.15) is 159 Å². The number of carbonyl (C=O) groups is 1. The third-order valence-corrected chi connectivity index (χ3v) is 15.6. The van der Waals surface area contributed by atoms with Gasteiger partial charge in [0, 0.05) is 51.1 Å². The van der Waals surface area contributed by atoms with E-state index in [2.05, 4.69) is 64.4 Å². The number of esters is 1. The Morgan fingerprint density at radius 1 is 0.400 bits per heavy atom. The Morgan fingerprint density at radius 2 is 0.695 bits per heavy atom. The van der Waals surface area contributed by atoms with Gasteiger partial charge in [0.25, 0.3) is 22.7 Å². The molecule has 1 atom stereocenters. The first-order valence-corrected chi connectivity index (χ1v) is 31.0. The fraction of sp³-hybridized carbons (Fsp3) is 0.231. The molecule has 0 fully saturated rings. The van der Waals surface area contributed by atoms with Gasteiger partial charge in [-0.15, -0.1) is 0 Å². The van der Waals surface area contributed by atoms with Crippen molar-refractivity contribution in [1.82, 2.24) is 0 Å².